The summed E-state index contributed by atoms with van der Waals surface area (Å²) in [6.07, 6.45) is 1.30. The van der Waals surface area contributed by atoms with Crippen LogP contribution in [0.1, 0.15) is 5.56 Å². The van der Waals surface area contributed by atoms with Crippen molar-refractivity contribution in [2.24, 2.45) is 0 Å². The van der Waals surface area contributed by atoms with Gasteiger partial charge in [-0.1, -0.05) is 0 Å². The van der Waals surface area contributed by atoms with Crippen LogP contribution < -0.4 is 14.8 Å². The molecule has 108 valence electrons. The second-order valence-electron chi connectivity index (χ2n) is 3.98. The lowest BCUT2D eigenvalue weighted by Crippen LogP contribution is -2.54. The Morgan fingerprint density at radius 3 is 1.89 bits per heavy atom. The number of hydrogen-bond acceptors (Lipinski definition) is 8. The van der Waals surface area contributed by atoms with Gasteiger partial charge in [0.1, 0.15) is 6.33 Å². The molecule has 0 saturated carbocycles. The molecule has 1 heterocycles. The van der Waals surface area contributed by atoms with Crippen molar-refractivity contribution in [2.75, 3.05) is 34.0 Å². The van der Waals surface area contributed by atoms with Gasteiger partial charge in [0.05, 0.1) is 45.1 Å². The number of rotatable bonds is 8. The molecule has 0 spiro atoms. The topological polar surface area (TPSA) is 117 Å². The van der Waals surface area contributed by atoms with Gasteiger partial charge in [-0.3, -0.25) is 0 Å². The maximum Gasteiger partial charge on any atom is 0.224 e. The Kier molecular flexibility index (Phi) is 5.90. The molecule has 0 atom stereocenters. The number of nitrogens with zero attached hydrogens (tertiary/aromatic N) is 2. The van der Waals surface area contributed by atoms with Crippen LogP contribution in [0.5, 0.6) is 11.8 Å². The standard InChI is InChI=1S/C11H19N3O5/c1-18-9-8(10(19-2)13-7-12-9)3-14-11(4-15,5-16)6-17/h7,14-17H,3-6H2,1-2H3. The predicted octanol–water partition coefficient (Wildman–Crippen LogP) is -1.70. The zero-order valence-electron chi connectivity index (χ0n) is 11.0. The monoisotopic (exact) mass is 273 g/mol. The molecular weight excluding hydrogens is 254 g/mol. The average Bonchev–Trinajstić information content (AvgIpc) is 2.48. The number of hydrogen-bond donors (Lipinski definition) is 4. The van der Waals surface area contributed by atoms with Crippen LogP contribution in [-0.2, 0) is 6.54 Å². The molecule has 0 aliphatic rings. The molecule has 0 aliphatic carbocycles. The summed E-state index contributed by atoms with van der Waals surface area (Å²) in [5.41, 5.74) is -0.654. The molecule has 0 fully saturated rings. The Labute approximate surface area is 111 Å². The largest absolute Gasteiger partial charge is 0.481 e. The zero-order chi connectivity index (χ0) is 14.3. The predicted molar refractivity (Wildman–Crippen MR) is 66.0 cm³/mol. The summed E-state index contributed by atoms with van der Waals surface area (Å²) in [5, 5.41) is 30.6. The molecule has 8 nitrogen and oxygen atoms in total. The summed E-state index contributed by atoms with van der Waals surface area (Å²) in [5.74, 6) is 0.643. The van der Waals surface area contributed by atoms with Crippen molar-refractivity contribution in [3.63, 3.8) is 0 Å². The molecular formula is C11H19N3O5. The van der Waals surface area contributed by atoms with Crippen molar-refractivity contribution in [3.05, 3.63) is 11.9 Å². The first-order valence-corrected chi connectivity index (χ1v) is 5.65. The molecule has 1 aromatic rings. The lowest BCUT2D eigenvalue weighted by molar-refractivity contribution is 0.0410. The number of aliphatic hydroxyl groups is 3. The minimum absolute atomic E-state index is 0.162. The molecule has 19 heavy (non-hydrogen) atoms. The van der Waals surface area contributed by atoms with Crippen LogP contribution in [0.3, 0.4) is 0 Å². The normalized spacial score (nSPS) is 11.4. The van der Waals surface area contributed by atoms with Gasteiger partial charge in [0, 0.05) is 6.54 Å². The Balaban J connectivity index is 2.92. The fourth-order valence-corrected chi connectivity index (χ4v) is 1.48. The number of aliphatic hydroxyl groups excluding tert-OH is 3. The highest BCUT2D eigenvalue weighted by Gasteiger charge is 2.28. The van der Waals surface area contributed by atoms with Crippen LogP contribution in [0.4, 0.5) is 0 Å². The van der Waals surface area contributed by atoms with E-state index in [4.69, 9.17) is 9.47 Å². The maximum absolute atomic E-state index is 9.23. The summed E-state index contributed by atoms with van der Waals surface area (Å²) in [6, 6.07) is 0. The first kappa shape index (κ1) is 15.6. The van der Waals surface area contributed by atoms with Crippen molar-refractivity contribution in [1.82, 2.24) is 15.3 Å². The molecule has 1 aromatic heterocycles. The van der Waals surface area contributed by atoms with Gasteiger partial charge >= 0.3 is 0 Å². The van der Waals surface area contributed by atoms with Gasteiger partial charge in [0.15, 0.2) is 0 Å². The number of methoxy groups -OCH3 is 2. The Hall–Kier alpha value is -1.48. The van der Waals surface area contributed by atoms with E-state index in [0.29, 0.717) is 17.3 Å². The van der Waals surface area contributed by atoms with Crippen molar-refractivity contribution in [3.8, 4) is 11.8 Å². The SMILES string of the molecule is COc1ncnc(OC)c1CNC(CO)(CO)CO. The number of nitrogens with one attached hydrogen (secondary N) is 1. The summed E-state index contributed by atoms with van der Waals surface area (Å²) in [7, 11) is 2.92. The molecule has 0 saturated heterocycles. The Morgan fingerprint density at radius 2 is 1.53 bits per heavy atom. The van der Waals surface area contributed by atoms with Gasteiger partial charge in [-0.2, -0.15) is 0 Å². The van der Waals surface area contributed by atoms with Gasteiger partial charge in [-0.15, -0.1) is 0 Å². The van der Waals surface area contributed by atoms with Crippen LogP contribution in [0.15, 0.2) is 6.33 Å². The molecule has 8 heteroatoms. The summed E-state index contributed by atoms with van der Waals surface area (Å²) >= 11 is 0. The van der Waals surface area contributed by atoms with Crippen molar-refractivity contribution in [2.45, 2.75) is 12.1 Å². The van der Waals surface area contributed by atoms with Gasteiger partial charge in [0.25, 0.3) is 0 Å². The van der Waals surface area contributed by atoms with Crippen LogP contribution in [0, 0.1) is 0 Å². The number of aromatic nitrogens is 2. The van der Waals surface area contributed by atoms with Gasteiger partial charge in [-0.05, 0) is 0 Å². The molecule has 0 unspecified atom stereocenters. The molecule has 0 radical (unpaired) electrons. The molecule has 0 amide bonds. The van der Waals surface area contributed by atoms with Crippen LogP contribution in [0.2, 0.25) is 0 Å². The second-order valence-corrected chi connectivity index (χ2v) is 3.98. The van der Waals surface area contributed by atoms with E-state index in [1.54, 1.807) is 0 Å². The lowest BCUT2D eigenvalue weighted by Gasteiger charge is -2.29. The molecule has 4 N–H and O–H groups in total. The minimum Gasteiger partial charge on any atom is -0.481 e. The van der Waals surface area contributed by atoms with Crippen LogP contribution in [-0.4, -0.2) is 64.9 Å². The van der Waals surface area contributed by atoms with Crippen LogP contribution >= 0.6 is 0 Å². The summed E-state index contributed by atoms with van der Waals surface area (Å²) in [4.78, 5) is 7.89. The Bertz CT molecular complexity index is 367. The van der Waals surface area contributed by atoms with Crippen molar-refractivity contribution >= 4 is 0 Å². The van der Waals surface area contributed by atoms with E-state index < -0.39 is 25.4 Å². The highest BCUT2D eigenvalue weighted by Crippen LogP contribution is 2.23. The fourth-order valence-electron chi connectivity index (χ4n) is 1.48. The Morgan fingerprint density at radius 1 is 1.05 bits per heavy atom. The van der Waals surface area contributed by atoms with Crippen LogP contribution in [0.25, 0.3) is 0 Å². The highest BCUT2D eigenvalue weighted by atomic mass is 16.5. The van der Waals surface area contributed by atoms with Gasteiger partial charge in [0.2, 0.25) is 11.8 Å². The fraction of sp³-hybridized carbons (Fsp3) is 0.636. The maximum atomic E-state index is 9.23. The zero-order valence-corrected chi connectivity index (χ0v) is 11.0. The first-order chi connectivity index (χ1) is 9.16. The van der Waals surface area contributed by atoms with E-state index in [2.05, 4.69) is 15.3 Å². The van der Waals surface area contributed by atoms with E-state index in [1.165, 1.54) is 20.5 Å². The van der Waals surface area contributed by atoms with E-state index in [9.17, 15) is 15.3 Å². The molecule has 0 aromatic carbocycles. The highest BCUT2D eigenvalue weighted by molar-refractivity contribution is 5.34. The third-order valence-corrected chi connectivity index (χ3v) is 2.80. The summed E-state index contributed by atoms with van der Waals surface area (Å²) < 4.78 is 10.2. The third kappa shape index (κ3) is 3.51. The molecule has 1 rings (SSSR count). The quantitative estimate of drug-likeness (QED) is 0.443. The summed E-state index contributed by atoms with van der Waals surface area (Å²) in [6.45, 7) is -1.09. The first-order valence-electron chi connectivity index (χ1n) is 5.65. The molecule has 0 aliphatic heterocycles. The van der Waals surface area contributed by atoms with E-state index >= 15 is 0 Å². The van der Waals surface area contributed by atoms with Gasteiger partial charge < -0.3 is 30.1 Å². The van der Waals surface area contributed by atoms with Gasteiger partial charge in [-0.25, -0.2) is 9.97 Å². The average molecular weight is 273 g/mol. The molecule has 0 bridgehead atoms. The number of ether oxygens (including phenoxy) is 2. The smallest absolute Gasteiger partial charge is 0.224 e. The van der Waals surface area contributed by atoms with Crippen molar-refractivity contribution < 1.29 is 24.8 Å². The van der Waals surface area contributed by atoms with E-state index in [1.807, 2.05) is 0 Å². The minimum atomic E-state index is -1.19. The van der Waals surface area contributed by atoms with Crippen molar-refractivity contribution in [1.29, 1.82) is 0 Å². The van der Waals surface area contributed by atoms with E-state index in [0.717, 1.165) is 0 Å². The van der Waals surface area contributed by atoms with E-state index in [-0.39, 0.29) is 6.54 Å². The lowest BCUT2D eigenvalue weighted by atomic mass is 10.0. The second kappa shape index (κ2) is 7.19. The third-order valence-electron chi connectivity index (χ3n) is 2.80.